The first-order valence-electron chi connectivity index (χ1n) is 7.02. The van der Waals surface area contributed by atoms with E-state index in [1.807, 2.05) is 11.8 Å². The van der Waals surface area contributed by atoms with Gasteiger partial charge < -0.3 is 10.0 Å². The zero-order valence-electron chi connectivity index (χ0n) is 11.7. The Morgan fingerprint density at radius 3 is 2.76 bits per heavy atom. The lowest BCUT2D eigenvalue weighted by Crippen LogP contribution is -2.38. The minimum Gasteiger partial charge on any atom is -0.393 e. The predicted octanol–water partition coefficient (Wildman–Crippen LogP) is 2.86. The van der Waals surface area contributed by atoms with Crippen LogP contribution in [0.5, 0.6) is 0 Å². The van der Waals surface area contributed by atoms with Crippen molar-refractivity contribution in [2.75, 3.05) is 32.1 Å². The van der Waals surface area contributed by atoms with Crippen molar-refractivity contribution in [1.29, 1.82) is 0 Å². The summed E-state index contributed by atoms with van der Waals surface area (Å²) < 4.78 is 0. The molecule has 1 aliphatic rings. The number of hydrogen-bond donors (Lipinski definition) is 1. The summed E-state index contributed by atoms with van der Waals surface area (Å²) in [5.74, 6) is 2.56. The van der Waals surface area contributed by atoms with E-state index in [0.29, 0.717) is 5.92 Å². The highest BCUT2D eigenvalue weighted by atomic mass is 32.2. The lowest BCUT2D eigenvalue weighted by atomic mass is 9.77. The molecule has 0 amide bonds. The SMILES string of the molecule is CCCC1CCC(O)C(CN(C)CCSC)C1. The van der Waals surface area contributed by atoms with Gasteiger partial charge in [0.2, 0.25) is 0 Å². The molecule has 0 aliphatic heterocycles. The van der Waals surface area contributed by atoms with Crippen molar-refractivity contribution < 1.29 is 5.11 Å². The molecule has 1 aliphatic carbocycles. The topological polar surface area (TPSA) is 23.5 Å². The number of hydrogen-bond acceptors (Lipinski definition) is 3. The average molecular weight is 259 g/mol. The summed E-state index contributed by atoms with van der Waals surface area (Å²) in [5, 5.41) is 10.1. The Hall–Kier alpha value is 0.270. The average Bonchev–Trinajstić information content (AvgIpc) is 2.31. The maximum atomic E-state index is 10.1. The monoisotopic (exact) mass is 259 g/mol. The fourth-order valence-corrected chi connectivity index (χ4v) is 3.44. The van der Waals surface area contributed by atoms with Gasteiger partial charge in [0.15, 0.2) is 0 Å². The molecule has 0 aromatic carbocycles. The quantitative estimate of drug-likeness (QED) is 0.760. The summed E-state index contributed by atoms with van der Waals surface area (Å²) in [7, 11) is 2.19. The first kappa shape index (κ1) is 15.3. The normalized spacial score (nSPS) is 29.8. The molecule has 0 heterocycles. The predicted molar refractivity (Wildman–Crippen MR) is 77.6 cm³/mol. The van der Waals surface area contributed by atoms with Crippen LogP contribution < -0.4 is 0 Å². The Morgan fingerprint density at radius 2 is 2.12 bits per heavy atom. The first-order valence-corrected chi connectivity index (χ1v) is 8.42. The molecule has 3 atom stereocenters. The van der Waals surface area contributed by atoms with Gasteiger partial charge in [-0.2, -0.15) is 11.8 Å². The van der Waals surface area contributed by atoms with Gasteiger partial charge in [-0.3, -0.25) is 0 Å². The number of rotatable bonds is 7. The van der Waals surface area contributed by atoms with Crippen LogP contribution in [0.15, 0.2) is 0 Å². The molecule has 2 nitrogen and oxygen atoms in total. The van der Waals surface area contributed by atoms with Crippen molar-refractivity contribution >= 4 is 11.8 Å². The van der Waals surface area contributed by atoms with Crippen molar-refractivity contribution in [3.05, 3.63) is 0 Å². The van der Waals surface area contributed by atoms with Gasteiger partial charge in [-0.25, -0.2) is 0 Å². The molecule has 1 rings (SSSR count). The largest absolute Gasteiger partial charge is 0.393 e. The van der Waals surface area contributed by atoms with Gasteiger partial charge in [0.25, 0.3) is 0 Å². The van der Waals surface area contributed by atoms with Crippen LogP contribution >= 0.6 is 11.8 Å². The molecule has 3 heteroatoms. The summed E-state index contributed by atoms with van der Waals surface area (Å²) in [5.41, 5.74) is 0. The van der Waals surface area contributed by atoms with E-state index in [0.717, 1.165) is 25.4 Å². The minimum atomic E-state index is -0.0557. The Kier molecular flexibility index (Phi) is 7.56. The fraction of sp³-hybridized carbons (Fsp3) is 1.00. The van der Waals surface area contributed by atoms with Crippen molar-refractivity contribution in [3.8, 4) is 0 Å². The van der Waals surface area contributed by atoms with Crippen LogP contribution in [-0.4, -0.2) is 48.3 Å². The summed E-state index contributed by atoms with van der Waals surface area (Å²) >= 11 is 1.90. The van der Waals surface area contributed by atoms with Gasteiger partial charge >= 0.3 is 0 Å². The Morgan fingerprint density at radius 1 is 1.35 bits per heavy atom. The van der Waals surface area contributed by atoms with Gasteiger partial charge in [0, 0.05) is 18.8 Å². The van der Waals surface area contributed by atoms with E-state index in [2.05, 4.69) is 25.1 Å². The van der Waals surface area contributed by atoms with Crippen molar-refractivity contribution in [3.63, 3.8) is 0 Å². The van der Waals surface area contributed by atoms with Gasteiger partial charge in [0.05, 0.1) is 6.10 Å². The number of aliphatic hydroxyl groups is 1. The highest BCUT2D eigenvalue weighted by molar-refractivity contribution is 7.98. The molecule has 0 radical (unpaired) electrons. The van der Waals surface area contributed by atoms with E-state index in [1.165, 1.54) is 31.4 Å². The maximum absolute atomic E-state index is 10.1. The Labute approximate surface area is 111 Å². The van der Waals surface area contributed by atoms with E-state index in [-0.39, 0.29) is 6.10 Å². The minimum absolute atomic E-state index is 0.0557. The molecule has 0 bridgehead atoms. The zero-order valence-corrected chi connectivity index (χ0v) is 12.5. The molecular weight excluding hydrogens is 230 g/mol. The summed E-state index contributed by atoms with van der Waals surface area (Å²) in [6, 6.07) is 0. The van der Waals surface area contributed by atoms with Gasteiger partial charge in [-0.15, -0.1) is 0 Å². The van der Waals surface area contributed by atoms with Crippen LogP contribution in [0.3, 0.4) is 0 Å². The number of thioether (sulfide) groups is 1. The second-order valence-electron chi connectivity index (χ2n) is 5.55. The molecule has 0 aromatic heterocycles. The lowest BCUT2D eigenvalue weighted by molar-refractivity contribution is 0.0308. The van der Waals surface area contributed by atoms with Crippen molar-refractivity contribution in [2.24, 2.45) is 11.8 Å². The third-order valence-electron chi connectivity index (χ3n) is 3.97. The van der Waals surface area contributed by atoms with Crippen LogP contribution in [-0.2, 0) is 0 Å². The Balaban J connectivity index is 2.33. The van der Waals surface area contributed by atoms with Gasteiger partial charge in [-0.1, -0.05) is 19.8 Å². The second kappa shape index (κ2) is 8.39. The highest BCUT2D eigenvalue weighted by Gasteiger charge is 2.29. The molecule has 1 N–H and O–H groups in total. The van der Waals surface area contributed by atoms with E-state index in [4.69, 9.17) is 0 Å². The van der Waals surface area contributed by atoms with Crippen LogP contribution in [0.2, 0.25) is 0 Å². The third-order valence-corrected chi connectivity index (χ3v) is 4.56. The van der Waals surface area contributed by atoms with Crippen LogP contribution in [0.25, 0.3) is 0 Å². The van der Waals surface area contributed by atoms with E-state index in [1.54, 1.807) is 0 Å². The van der Waals surface area contributed by atoms with E-state index < -0.39 is 0 Å². The molecule has 0 aromatic rings. The summed E-state index contributed by atoms with van der Waals surface area (Å²) in [4.78, 5) is 2.39. The van der Waals surface area contributed by atoms with Crippen LogP contribution in [0, 0.1) is 11.8 Å². The molecule has 3 unspecified atom stereocenters. The maximum Gasteiger partial charge on any atom is 0.0580 e. The highest BCUT2D eigenvalue weighted by Crippen LogP contribution is 2.32. The number of aliphatic hydroxyl groups excluding tert-OH is 1. The van der Waals surface area contributed by atoms with Gasteiger partial charge in [-0.05, 0) is 44.4 Å². The Bertz CT molecular complexity index is 201. The van der Waals surface area contributed by atoms with E-state index in [9.17, 15) is 5.11 Å². The van der Waals surface area contributed by atoms with Crippen LogP contribution in [0.1, 0.15) is 39.0 Å². The lowest BCUT2D eigenvalue weighted by Gasteiger charge is -2.35. The standard InChI is InChI=1S/C14H29NOS/c1-4-5-12-6-7-14(16)13(10-12)11-15(2)8-9-17-3/h12-14,16H,4-11H2,1-3H3. The third kappa shape index (κ3) is 5.62. The van der Waals surface area contributed by atoms with Crippen LogP contribution in [0.4, 0.5) is 0 Å². The fourth-order valence-electron chi connectivity index (χ4n) is 2.95. The molecular formula is C14H29NOS. The molecule has 0 spiro atoms. The second-order valence-corrected chi connectivity index (χ2v) is 6.54. The summed E-state index contributed by atoms with van der Waals surface area (Å²) in [6.07, 6.45) is 8.22. The number of nitrogens with zero attached hydrogens (tertiary/aromatic N) is 1. The molecule has 0 saturated heterocycles. The zero-order chi connectivity index (χ0) is 12.7. The summed E-state index contributed by atoms with van der Waals surface area (Å²) in [6.45, 7) is 4.48. The van der Waals surface area contributed by atoms with E-state index >= 15 is 0 Å². The molecule has 1 fully saturated rings. The van der Waals surface area contributed by atoms with Crippen molar-refractivity contribution in [1.82, 2.24) is 4.90 Å². The molecule has 1 saturated carbocycles. The molecule has 17 heavy (non-hydrogen) atoms. The molecule has 102 valence electrons. The smallest absolute Gasteiger partial charge is 0.0580 e. The van der Waals surface area contributed by atoms with Crippen molar-refractivity contribution in [2.45, 2.75) is 45.1 Å². The van der Waals surface area contributed by atoms with Gasteiger partial charge in [0.1, 0.15) is 0 Å². The first-order chi connectivity index (χ1) is 8.17.